The molecule has 19 heteroatoms. The molecule has 1 aromatic heterocycles. The second kappa shape index (κ2) is 16.5. The molecular weight excluding hydrogens is 693 g/mol. The molecule has 1 unspecified atom stereocenters. The zero-order valence-corrected chi connectivity index (χ0v) is 28.9. The third-order valence-corrected chi connectivity index (χ3v) is 11.1. The van der Waals surface area contributed by atoms with Crippen molar-refractivity contribution in [2.45, 2.75) is 35.6 Å². The summed E-state index contributed by atoms with van der Waals surface area (Å²) >= 11 is 0. The molecule has 1 saturated heterocycles. The number of rotatable bonds is 15. The Morgan fingerprint density at radius 3 is 2.40 bits per heavy atom. The number of methoxy groups -OCH3 is 1. The highest BCUT2D eigenvalue weighted by molar-refractivity contribution is 7.90. The number of nitrogens with one attached hydrogen (secondary N) is 3. The number of esters is 1. The lowest BCUT2D eigenvalue weighted by Crippen LogP contribution is -2.60. The number of H-pyrrole nitrogens is 1. The van der Waals surface area contributed by atoms with Gasteiger partial charge in [-0.15, -0.1) is 0 Å². The predicted molar refractivity (Wildman–Crippen MR) is 179 cm³/mol. The van der Waals surface area contributed by atoms with Crippen LogP contribution in [0.25, 0.3) is 0 Å². The number of nitrogens with zero attached hydrogens (tertiary/aromatic N) is 4. The first kappa shape index (κ1) is 37.7. The summed E-state index contributed by atoms with van der Waals surface area (Å²) in [6.45, 7) is 0.764. The zero-order valence-electron chi connectivity index (χ0n) is 27.3. The minimum absolute atomic E-state index is 0.0264. The van der Waals surface area contributed by atoms with E-state index in [2.05, 4.69) is 25.0 Å². The minimum atomic E-state index is -4.16. The van der Waals surface area contributed by atoms with Crippen LogP contribution in [-0.2, 0) is 39.2 Å². The number of aryl methyl sites for hydroxylation is 1. The Labute approximate surface area is 289 Å². The first-order valence-corrected chi connectivity index (χ1v) is 18.3. The van der Waals surface area contributed by atoms with Gasteiger partial charge < -0.3 is 25.7 Å². The lowest BCUT2D eigenvalue weighted by Gasteiger charge is -2.39. The van der Waals surface area contributed by atoms with E-state index in [4.69, 9.17) is 10.5 Å². The molecule has 1 fully saturated rings. The molecule has 5 N–H and O–H groups in total. The molecule has 0 aliphatic carbocycles. The maximum absolute atomic E-state index is 13.5. The molecule has 17 nitrogen and oxygen atoms in total. The van der Waals surface area contributed by atoms with E-state index in [9.17, 15) is 36.0 Å². The van der Waals surface area contributed by atoms with Gasteiger partial charge in [0.15, 0.2) is 5.82 Å². The van der Waals surface area contributed by atoms with E-state index in [-0.39, 0.29) is 48.2 Å². The standard InChI is InChI=1S/C31H38N8O9S2/c1-21-8-10-23(11-9-21)49(44,45)37-31(32)36-19-22(28(42)29-34-14-15-35-29)12-13-33-26(40)20-38-16-17-39(25(30(38)43)18-27(41)48-2)50(46,47)24-6-4-3-5-7-24/h3-11,14-15,22,25H,12-13,16-20H2,1-2H3,(H,33,40)(H,34,35)(H3,32,36,37)/t22?,25-/m0/s1. The number of piperazine rings is 1. The minimum Gasteiger partial charge on any atom is -0.469 e. The van der Waals surface area contributed by atoms with Gasteiger partial charge in [-0.1, -0.05) is 35.9 Å². The van der Waals surface area contributed by atoms with Crippen molar-refractivity contribution in [2.75, 3.05) is 39.8 Å². The number of aliphatic imine (C=N–C) groups is 1. The van der Waals surface area contributed by atoms with Crippen LogP contribution in [-0.4, -0.2) is 111 Å². The molecule has 2 atom stereocenters. The summed E-state index contributed by atoms with van der Waals surface area (Å²) < 4.78 is 59.9. The van der Waals surface area contributed by atoms with E-state index in [0.29, 0.717) is 0 Å². The number of hydrogen-bond acceptors (Lipinski definition) is 11. The first-order valence-electron chi connectivity index (χ1n) is 15.3. The highest BCUT2D eigenvalue weighted by atomic mass is 32.2. The fourth-order valence-electron chi connectivity index (χ4n) is 5.09. The molecule has 1 aliphatic rings. The number of benzene rings is 2. The van der Waals surface area contributed by atoms with Crippen LogP contribution in [0.1, 0.15) is 29.0 Å². The van der Waals surface area contributed by atoms with Gasteiger partial charge in [0, 0.05) is 37.9 Å². The summed E-state index contributed by atoms with van der Waals surface area (Å²) in [4.78, 5) is 63.5. The largest absolute Gasteiger partial charge is 0.469 e. The molecule has 2 heterocycles. The van der Waals surface area contributed by atoms with Crippen LogP contribution in [0.4, 0.5) is 0 Å². The topological polar surface area (TPSA) is 243 Å². The molecule has 0 radical (unpaired) electrons. The monoisotopic (exact) mass is 730 g/mol. The third-order valence-electron chi connectivity index (χ3n) is 7.78. The molecule has 3 aromatic rings. The predicted octanol–water partition coefficient (Wildman–Crippen LogP) is -0.219. The van der Waals surface area contributed by atoms with Crippen molar-refractivity contribution >= 4 is 49.6 Å². The van der Waals surface area contributed by atoms with Crippen LogP contribution in [0.2, 0.25) is 0 Å². The molecule has 0 bridgehead atoms. The summed E-state index contributed by atoms with van der Waals surface area (Å²) in [5.41, 5.74) is 6.72. The average molecular weight is 731 g/mol. The third kappa shape index (κ3) is 9.51. The Hall–Kier alpha value is -5.14. The number of Topliss-reactive ketones (excluding diaryl/α,β-unsaturated/α-hetero) is 1. The van der Waals surface area contributed by atoms with Crippen molar-refractivity contribution in [3.63, 3.8) is 0 Å². The molecular formula is C31H38N8O9S2. The fourth-order valence-corrected chi connectivity index (χ4v) is 7.64. The van der Waals surface area contributed by atoms with Gasteiger partial charge in [0.25, 0.3) is 10.0 Å². The van der Waals surface area contributed by atoms with Gasteiger partial charge in [-0.25, -0.2) is 26.5 Å². The lowest BCUT2D eigenvalue weighted by atomic mass is 9.99. The van der Waals surface area contributed by atoms with Gasteiger partial charge in [-0.2, -0.15) is 4.31 Å². The van der Waals surface area contributed by atoms with Gasteiger partial charge in [0.05, 0.1) is 36.4 Å². The number of nitrogens with two attached hydrogens (primary N) is 1. The summed E-state index contributed by atoms with van der Waals surface area (Å²) in [5.74, 6) is -3.92. The normalized spacial score (nSPS) is 16.4. The van der Waals surface area contributed by atoms with Crippen LogP contribution >= 0.6 is 0 Å². The van der Waals surface area contributed by atoms with Crippen LogP contribution in [0, 0.1) is 12.8 Å². The average Bonchev–Trinajstić information content (AvgIpc) is 3.63. The van der Waals surface area contributed by atoms with Crippen LogP contribution in [0.3, 0.4) is 0 Å². The Morgan fingerprint density at radius 2 is 1.76 bits per heavy atom. The number of sulfonamides is 2. The van der Waals surface area contributed by atoms with Crippen molar-refractivity contribution < 1.29 is 40.8 Å². The zero-order chi connectivity index (χ0) is 36.5. The highest BCUT2D eigenvalue weighted by Gasteiger charge is 2.43. The quantitative estimate of drug-likeness (QED) is 0.0690. The molecule has 2 amide bonds. The van der Waals surface area contributed by atoms with E-state index in [1.54, 1.807) is 18.2 Å². The van der Waals surface area contributed by atoms with Gasteiger partial charge in [-0.05, 0) is 37.6 Å². The Bertz CT molecular complexity index is 1920. The van der Waals surface area contributed by atoms with Gasteiger partial charge in [0.2, 0.25) is 33.6 Å². The maximum Gasteiger partial charge on any atom is 0.307 e. The molecule has 268 valence electrons. The number of hydrogen-bond donors (Lipinski definition) is 4. The number of imidazole rings is 1. The maximum atomic E-state index is 13.5. The Kier molecular flexibility index (Phi) is 12.4. The number of carbonyl (C=O) groups is 4. The van der Waals surface area contributed by atoms with Crippen LogP contribution in [0.15, 0.2) is 81.8 Å². The second-order valence-corrected chi connectivity index (χ2v) is 14.8. The lowest BCUT2D eigenvalue weighted by molar-refractivity contribution is -0.149. The smallest absolute Gasteiger partial charge is 0.307 e. The van der Waals surface area contributed by atoms with Crippen molar-refractivity contribution in [1.29, 1.82) is 0 Å². The van der Waals surface area contributed by atoms with Gasteiger partial charge in [-0.3, -0.25) is 24.2 Å². The van der Waals surface area contributed by atoms with E-state index in [0.717, 1.165) is 21.9 Å². The number of aromatic nitrogens is 2. The van der Waals surface area contributed by atoms with Crippen LogP contribution in [0.5, 0.6) is 0 Å². The van der Waals surface area contributed by atoms with Crippen molar-refractivity contribution in [1.82, 2.24) is 29.2 Å². The molecule has 0 saturated carbocycles. The molecule has 0 spiro atoms. The fraction of sp³-hybridized carbons (Fsp3) is 0.355. The first-order chi connectivity index (χ1) is 23.7. The van der Waals surface area contributed by atoms with Crippen LogP contribution < -0.4 is 15.8 Å². The summed E-state index contributed by atoms with van der Waals surface area (Å²) in [6.07, 6.45) is 2.32. The number of ether oxygens (including phenoxy) is 1. The number of amides is 2. The SMILES string of the molecule is COC(=O)C[C@H]1C(=O)N(CC(=O)NCCC(CN=C(N)NS(=O)(=O)c2ccc(C)cc2)C(=O)c2ncc[nH]2)CCN1S(=O)(=O)c1ccccc1. The van der Waals surface area contributed by atoms with Crippen molar-refractivity contribution in [2.24, 2.45) is 16.6 Å². The highest BCUT2D eigenvalue weighted by Crippen LogP contribution is 2.24. The van der Waals surface area contributed by atoms with Crippen molar-refractivity contribution in [3.8, 4) is 0 Å². The van der Waals surface area contributed by atoms with E-state index in [1.807, 2.05) is 6.92 Å². The Balaban J connectivity index is 1.39. The Morgan fingerprint density at radius 1 is 1.06 bits per heavy atom. The molecule has 1 aliphatic heterocycles. The summed E-state index contributed by atoms with van der Waals surface area (Å²) in [6, 6.07) is 12.1. The number of carbonyl (C=O) groups excluding carboxylic acids is 4. The van der Waals surface area contributed by atoms with Gasteiger partial charge >= 0.3 is 5.97 Å². The summed E-state index contributed by atoms with van der Waals surface area (Å²) in [5, 5.41) is 2.64. The van der Waals surface area contributed by atoms with E-state index < -0.39 is 74.5 Å². The van der Waals surface area contributed by atoms with E-state index in [1.165, 1.54) is 48.8 Å². The number of ketones is 1. The molecule has 4 rings (SSSR count). The second-order valence-electron chi connectivity index (χ2n) is 11.3. The van der Waals surface area contributed by atoms with Crippen molar-refractivity contribution in [3.05, 3.63) is 78.4 Å². The number of aromatic amines is 1. The number of guanidine groups is 1. The summed E-state index contributed by atoms with van der Waals surface area (Å²) in [7, 11) is -7.08. The molecule has 50 heavy (non-hydrogen) atoms. The van der Waals surface area contributed by atoms with Gasteiger partial charge in [0.1, 0.15) is 6.04 Å². The molecule has 2 aromatic carbocycles. The van der Waals surface area contributed by atoms with E-state index >= 15 is 0 Å².